The van der Waals surface area contributed by atoms with Crippen LogP contribution in [0.1, 0.15) is 16.8 Å². The lowest BCUT2D eigenvalue weighted by molar-refractivity contribution is -0.141. The van der Waals surface area contributed by atoms with Gasteiger partial charge in [-0.2, -0.15) is 0 Å². The molecule has 1 unspecified atom stereocenters. The second-order valence-electron chi connectivity index (χ2n) is 4.31. The first-order chi connectivity index (χ1) is 8.49. The topological polar surface area (TPSA) is 83.6 Å². The summed E-state index contributed by atoms with van der Waals surface area (Å²) in [5, 5.41) is 9.29. The minimum atomic E-state index is -0.860. The molecule has 1 atom stereocenters. The van der Waals surface area contributed by atoms with Crippen LogP contribution in [0.2, 0.25) is 5.02 Å². The van der Waals surface area contributed by atoms with Gasteiger partial charge in [0.15, 0.2) is 0 Å². The molecule has 96 valence electrons. The number of benzene rings is 1. The highest BCUT2D eigenvalue weighted by Gasteiger charge is 2.31. The summed E-state index contributed by atoms with van der Waals surface area (Å²) >= 11 is 5.78. The van der Waals surface area contributed by atoms with Crippen LogP contribution >= 0.6 is 11.6 Å². The molecule has 1 aliphatic heterocycles. The number of rotatable bonds is 2. The van der Waals surface area contributed by atoms with Crippen molar-refractivity contribution in [2.24, 2.45) is 5.92 Å². The van der Waals surface area contributed by atoms with Gasteiger partial charge in [-0.1, -0.05) is 11.6 Å². The Morgan fingerprint density at radius 1 is 1.44 bits per heavy atom. The highest BCUT2D eigenvalue weighted by molar-refractivity contribution is 6.33. The van der Waals surface area contributed by atoms with E-state index in [2.05, 4.69) is 0 Å². The van der Waals surface area contributed by atoms with E-state index >= 15 is 0 Å². The molecule has 3 N–H and O–H groups in total. The number of aliphatic carboxylic acids is 1. The number of amides is 1. The van der Waals surface area contributed by atoms with Gasteiger partial charge in [0.05, 0.1) is 16.6 Å². The number of nitrogens with two attached hydrogens (primary N) is 1. The highest BCUT2D eigenvalue weighted by atomic mass is 35.5. The second-order valence-corrected chi connectivity index (χ2v) is 4.72. The number of carboxylic acids is 1. The maximum absolute atomic E-state index is 12.1. The molecule has 1 aromatic carbocycles. The van der Waals surface area contributed by atoms with Gasteiger partial charge < -0.3 is 15.7 Å². The summed E-state index contributed by atoms with van der Waals surface area (Å²) in [5.41, 5.74) is 6.41. The summed E-state index contributed by atoms with van der Waals surface area (Å²) in [6.45, 7) is 0.703. The average molecular weight is 269 g/mol. The van der Waals surface area contributed by atoms with Crippen molar-refractivity contribution < 1.29 is 14.7 Å². The molecule has 0 saturated carbocycles. The van der Waals surface area contributed by atoms with Crippen molar-refractivity contribution in [2.75, 3.05) is 18.8 Å². The normalized spacial score (nSPS) is 18.9. The van der Waals surface area contributed by atoms with E-state index in [0.29, 0.717) is 29.2 Å². The molecule has 5 nitrogen and oxygen atoms in total. The van der Waals surface area contributed by atoms with Crippen LogP contribution in [0.4, 0.5) is 5.69 Å². The molecule has 0 radical (unpaired) electrons. The fraction of sp³-hybridized carbons (Fsp3) is 0.333. The van der Waals surface area contributed by atoms with Gasteiger partial charge in [0.1, 0.15) is 0 Å². The van der Waals surface area contributed by atoms with Crippen LogP contribution < -0.4 is 5.73 Å². The number of nitrogen functional groups attached to an aromatic ring is 1. The van der Waals surface area contributed by atoms with Gasteiger partial charge in [0.25, 0.3) is 5.91 Å². The molecule has 1 amide bonds. The maximum atomic E-state index is 12.1. The molecule has 0 bridgehead atoms. The first-order valence-corrected chi connectivity index (χ1v) is 5.94. The Hall–Kier alpha value is -1.75. The van der Waals surface area contributed by atoms with E-state index in [1.165, 1.54) is 11.0 Å². The Kier molecular flexibility index (Phi) is 3.43. The third-order valence-electron chi connectivity index (χ3n) is 3.07. The van der Waals surface area contributed by atoms with E-state index < -0.39 is 11.9 Å². The van der Waals surface area contributed by atoms with E-state index in [4.69, 9.17) is 22.4 Å². The predicted molar refractivity (Wildman–Crippen MR) is 67.5 cm³/mol. The third kappa shape index (κ3) is 2.41. The van der Waals surface area contributed by atoms with Crippen molar-refractivity contribution in [3.05, 3.63) is 28.8 Å². The Labute approximate surface area is 109 Å². The van der Waals surface area contributed by atoms with E-state index in [1.54, 1.807) is 12.1 Å². The Morgan fingerprint density at radius 3 is 2.72 bits per heavy atom. The zero-order valence-electron chi connectivity index (χ0n) is 9.60. The first kappa shape index (κ1) is 12.7. The van der Waals surface area contributed by atoms with Crippen LogP contribution in [0.3, 0.4) is 0 Å². The summed E-state index contributed by atoms with van der Waals surface area (Å²) < 4.78 is 0. The van der Waals surface area contributed by atoms with Crippen LogP contribution in [-0.4, -0.2) is 35.0 Å². The number of nitrogens with zero attached hydrogens (tertiary/aromatic N) is 1. The lowest BCUT2D eigenvalue weighted by Crippen LogP contribution is -2.29. The lowest BCUT2D eigenvalue weighted by atomic mass is 10.1. The van der Waals surface area contributed by atoms with Crippen molar-refractivity contribution in [2.45, 2.75) is 6.42 Å². The second kappa shape index (κ2) is 4.86. The van der Waals surface area contributed by atoms with Crippen molar-refractivity contribution in [3.8, 4) is 0 Å². The lowest BCUT2D eigenvalue weighted by Gasteiger charge is -2.16. The maximum Gasteiger partial charge on any atom is 0.308 e. The number of carbonyl (C=O) groups excluding carboxylic acids is 1. The number of hydrogen-bond donors (Lipinski definition) is 2. The Morgan fingerprint density at radius 2 is 2.17 bits per heavy atom. The monoisotopic (exact) mass is 268 g/mol. The number of hydrogen-bond acceptors (Lipinski definition) is 3. The van der Waals surface area contributed by atoms with Gasteiger partial charge in [0, 0.05) is 18.7 Å². The minimum absolute atomic E-state index is 0.206. The van der Waals surface area contributed by atoms with Crippen molar-refractivity contribution >= 4 is 29.2 Å². The zero-order valence-corrected chi connectivity index (χ0v) is 10.4. The van der Waals surface area contributed by atoms with Crippen molar-refractivity contribution in [1.29, 1.82) is 0 Å². The largest absolute Gasteiger partial charge is 0.481 e. The molecule has 2 rings (SSSR count). The third-order valence-corrected chi connectivity index (χ3v) is 3.41. The van der Waals surface area contributed by atoms with E-state index in [-0.39, 0.29) is 12.5 Å². The van der Waals surface area contributed by atoms with Crippen molar-refractivity contribution in [3.63, 3.8) is 0 Å². The molecule has 6 heteroatoms. The van der Waals surface area contributed by atoms with E-state index in [9.17, 15) is 9.59 Å². The van der Waals surface area contributed by atoms with Gasteiger partial charge in [-0.15, -0.1) is 0 Å². The molecule has 1 aliphatic rings. The molecule has 1 fully saturated rings. The van der Waals surface area contributed by atoms with Crippen LogP contribution in [-0.2, 0) is 4.79 Å². The summed E-state index contributed by atoms with van der Waals surface area (Å²) in [5.74, 6) is -1.54. The molecule has 0 aliphatic carbocycles. The van der Waals surface area contributed by atoms with Gasteiger partial charge >= 0.3 is 5.97 Å². The molecule has 0 spiro atoms. The van der Waals surface area contributed by atoms with Gasteiger partial charge in [-0.05, 0) is 24.6 Å². The highest BCUT2D eigenvalue weighted by Crippen LogP contribution is 2.23. The molecule has 1 saturated heterocycles. The molecule has 1 aromatic rings. The molecule has 0 aromatic heterocycles. The number of carbonyl (C=O) groups is 2. The number of likely N-dealkylation sites (tertiary alicyclic amines) is 1. The quantitative estimate of drug-likeness (QED) is 0.796. The fourth-order valence-electron chi connectivity index (χ4n) is 2.01. The van der Waals surface area contributed by atoms with Crippen LogP contribution in [0.15, 0.2) is 18.2 Å². The van der Waals surface area contributed by atoms with Crippen LogP contribution in [0.25, 0.3) is 0 Å². The zero-order chi connectivity index (χ0) is 13.3. The standard InChI is InChI=1S/C12H13ClN2O3/c13-9-2-1-7(5-10(9)14)11(16)15-4-3-8(6-15)12(17)18/h1-2,5,8H,3-4,6,14H2,(H,17,18). The van der Waals surface area contributed by atoms with Crippen molar-refractivity contribution in [1.82, 2.24) is 4.90 Å². The molecular weight excluding hydrogens is 256 g/mol. The fourth-order valence-corrected chi connectivity index (χ4v) is 2.12. The minimum Gasteiger partial charge on any atom is -0.481 e. The Balaban J connectivity index is 2.12. The Bertz CT molecular complexity index is 504. The van der Waals surface area contributed by atoms with Gasteiger partial charge in [0.2, 0.25) is 0 Å². The molecule has 1 heterocycles. The van der Waals surface area contributed by atoms with E-state index in [0.717, 1.165) is 0 Å². The summed E-state index contributed by atoms with van der Waals surface area (Å²) in [7, 11) is 0. The van der Waals surface area contributed by atoms with E-state index in [1.807, 2.05) is 0 Å². The number of anilines is 1. The van der Waals surface area contributed by atoms with Crippen LogP contribution in [0.5, 0.6) is 0 Å². The summed E-state index contributed by atoms with van der Waals surface area (Å²) in [6, 6.07) is 4.67. The molecular formula is C12H13ClN2O3. The first-order valence-electron chi connectivity index (χ1n) is 5.56. The van der Waals surface area contributed by atoms with Gasteiger partial charge in [-0.25, -0.2) is 0 Å². The van der Waals surface area contributed by atoms with Crippen LogP contribution in [0, 0.1) is 5.92 Å². The average Bonchev–Trinajstić information content (AvgIpc) is 2.81. The smallest absolute Gasteiger partial charge is 0.308 e. The SMILES string of the molecule is Nc1cc(C(=O)N2CCC(C(=O)O)C2)ccc1Cl. The summed E-state index contributed by atoms with van der Waals surface area (Å²) in [6.07, 6.45) is 0.490. The predicted octanol–water partition coefficient (Wildman–Crippen LogP) is 1.47. The summed E-state index contributed by atoms with van der Waals surface area (Å²) in [4.78, 5) is 24.5. The molecule has 18 heavy (non-hydrogen) atoms. The number of halogens is 1. The number of carboxylic acid groups (broad SMARTS) is 1. The van der Waals surface area contributed by atoms with Gasteiger partial charge in [-0.3, -0.25) is 9.59 Å².